The highest BCUT2D eigenvalue weighted by atomic mass is 16.5. The van der Waals surface area contributed by atoms with Crippen LogP contribution in [0.4, 0.5) is 4.79 Å². The molecule has 2 aromatic carbocycles. The van der Waals surface area contributed by atoms with Gasteiger partial charge >= 0.3 is 18.0 Å². The van der Waals surface area contributed by atoms with Crippen molar-refractivity contribution >= 4 is 18.0 Å². The van der Waals surface area contributed by atoms with Crippen molar-refractivity contribution in [1.29, 1.82) is 0 Å². The van der Waals surface area contributed by atoms with Gasteiger partial charge in [0.2, 0.25) is 0 Å². The lowest BCUT2D eigenvalue weighted by Gasteiger charge is -2.21. The predicted octanol–water partition coefficient (Wildman–Crippen LogP) is 2.77. The number of carbonyl (C=O) groups is 3. The van der Waals surface area contributed by atoms with E-state index >= 15 is 0 Å². The highest BCUT2D eigenvalue weighted by molar-refractivity contribution is 5.95. The molecule has 1 aliphatic rings. The fourth-order valence-corrected chi connectivity index (χ4v) is 2.62. The van der Waals surface area contributed by atoms with Crippen LogP contribution in [-0.2, 0) is 14.3 Å². The summed E-state index contributed by atoms with van der Waals surface area (Å²) in [7, 11) is 0. The molecule has 3 rings (SSSR count). The van der Waals surface area contributed by atoms with E-state index in [0.717, 1.165) is 0 Å². The number of carbonyl (C=O) groups excluding carboxylic acids is 3. The fraction of sp³-hybridized carbons (Fsp3) is 0.190. The molecule has 0 aliphatic carbocycles. The molecule has 2 amide bonds. The normalized spacial score (nSPS) is 13.2. The monoisotopic (exact) mass is 396 g/mol. The molecule has 0 spiro atoms. The Hall–Kier alpha value is -3.81. The van der Waals surface area contributed by atoms with Crippen molar-refractivity contribution in [2.75, 3.05) is 19.8 Å². The molecule has 1 heterocycles. The number of amides is 2. The van der Waals surface area contributed by atoms with Gasteiger partial charge in [-0.3, -0.25) is 0 Å². The summed E-state index contributed by atoms with van der Waals surface area (Å²) < 4.78 is 16.1. The lowest BCUT2D eigenvalue weighted by atomic mass is 10.1. The Balaban J connectivity index is 1.75. The quantitative estimate of drug-likeness (QED) is 0.698. The van der Waals surface area contributed by atoms with Gasteiger partial charge < -0.3 is 24.8 Å². The van der Waals surface area contributed by atoms with Crippen molar-refractivity contribution in [3.8, 4) is 11.5 Å². The van der Waals surface area contributed by atoms with E-state index < -0.39 is 18.0 Å². The van der Waals surface area contributed by atoms with Gasteiger partial charge in [-0.25, -0.2) is 14.4 Å². The van der Waals surface area contributed by atoms with Gasteiger partial charge in [-0.2, -0.15) is 0 Å². The van der Waals surface area contributed by atoms with Gasteiger partial charge in [-0.1, -0.05) is 30.3 Å². The fourth-order valence-electron chi connectivity index (χ4n) is 2.62. The third-order valence-corrected chi connectivity index (χ3v) is 4.00. The van der Waals surface area contributed by atoms with Gasteiger partial charge in [0, 0.05) is 0 Å². The topological polar surface area (TPSA) is 103 Å². The smallest absolute Gasteiger partial charge is 0.342 e. The second-order valence-electron chi connectivity index (χ2n) is 5.97. The first-order valence-corrected chi connectivity index (χ1v) is 9.01. The third kappa shape index (κ3) is 5.13. The van der Waals surface area contributed by atoms with Gasteiger partial charge in [-0.15, -0.1) is 0 Å². The number of hydrogen-bond acceptors (Lipinski definition) is 6. The summed E-state index contributed by atoms with van der Waals surface area (Å²) >= 11 is 0. The minimum Gasteiger partial charge on any atom is -0.463 e. The largest absolute Gasteiger partial charge is 0.463 e. The molecule has 0 atom stereocenters. The minimum absolute atomic E-state index is 0.00867. The number of esters is 2. The Labute approximate surface area is 167 Å². The second kappa shape index (κ2) is 9.41. The van der Waals surface area contributed by atoms with E-state index in [1.807, 2.05) is 18.2 Å². The van der Waals surface area contributed by atoms with E-state index in [0.29, 0.717) is 11.5 Å². The summed E-state index contributed by atoms with van der Waals surface area (Å²) in [4.78, 5) is 36.3. The number of urea groups is 1. The molecular formula is C21H20N2O6. The number of ether oxygens (including phenoxy) is 3. The molecule has 2 aromatic rings. The summed E-state index contributed by atoms with van der Waals surface area (Å²) in [6.07, 6.45) is 0. The average Bonchev–Trinajstić information content (AvgIpc) is 2.73. The van der Waals surface area contributed by atoms with E-state index in [1.165, 1.54) is 0 Å². The maximum absolute atomic E-state index is 12.6. The van der Waals surface area contributed by atoms with Crippen molar-refractivity contribution in [3.05, 3.63) is 71.4 Å². The number of rotatable bonds is 7. The molecule has 0 saturated carbocycles. The van der Waals surface area contributed by atoms with Crippen molar-refractivity contribution in [2.45, 2.75) is 6.92 Å². The van der Waals surface area contributed by atoms with Crippen molar-refractivity contribution in [1.82, 2.24) is 10.6 Å². The van der Waals surface area contributed by atoms with Gasteiger partial charge in [0.1, 0.15) is 23.7 Å². The first-order valence-electron chi connectivity index (χ1n) is 9.01. The van der Waals surface area contributed by atoms with E-state index in [2.05, 4.69) is 10.6 Å². The second-order valence-corrected chi connectivity index (χ2v) is 5.97. The maximum atomic E-state index is 12.6. The van der Waals surface area contributed by atoms with E-state index in [4.69, 9.17) is 14.2 Å². The van der Waals surface area contributed by atoms with Gasteiger partial charge in [-0.05, 0) is 31.2 Å². The molecule has 0 unspecified atom stereocenters. The Morgan fingerprint density at radius 2 is 1.69 bits per heavy atom. The van der Waals surface area contributed by atoms with Crippen LogP contribution in [-0.4, -0.2) is 37.7 Å². The zero-order valence-corrected chi connectivity index (χ0v) is 15.8. The first-order chi connectivity index (χ1) is 14.1. The lowest BCUT2D eigenvalue weighted by molar-refractivity contribution is -0.138. The van der Waals surface area contributed by atoms with E-state index in [-0.39, 0.29) is 36.6 Å². The molecule has 29 heavy (non-hydrogen) atoms. The number of nitrogens with one attached hydrogen (secondary N) is 2. The SMILES string of the molecule is CCOC(=O)C1=C(COC(=O)c2ccccc2Oc2ccccc2)NC(=O)NC1. The van der Waals surface area contributed by atoms with Crippen LogP contribution in [0.2, 0.25) is 0 Å². The van der Waals surface area contributed by atoms with E-state index in [1.54, 1.807) is 43.3 Å². The van der Waals surface area contributed by atoms with Gasteiger partial charge in [0.15, 0.2) is 0 Å². The van der Waals surface area contributed by atoms with Crippen LogP contribution in [0.25, 0.3) is 0 Å². The molecular weight excluding hydrogens is 376 g/mol. The van der Waals surface area contributed by atoms with Crippen LogP contribution in [0.5, 0.6) is 11.5 Å². The lowest BCUT2D eigenvalue weighted by Crippen LogP contribution is -2.45. The Morgan fingerprint density at radius 1 is 0.966 bits per heavy atom. The Bertz CT molecular complexity index is 939. The highest BCUT2D eigenvalue weighted by Crippen LogP contribution is 2.25. The first kappa shape index (κ1) is 19.9. The zero-order valence-electron chi connectivity index (χ0n) is 15.8. The molecule has 0 aromatic heterocycles. The summed E-state index contributed by atoms with van der Waals surface area (Å²) in [5, 5.41) is 4.98. The molecule has 2 N–H and O–H groups in total. The number of benzene rings is 2. The van der Waals surface area contributed by atoms with Gasteiger partial charge in [0.05, 0.1) is 24.4 Å². The molecule has 1 aliphatic heterocycles. The molecule has 0 saturated heterocycles. The highest BCUT2D eigenvalue weighted by Gasteiger charge is 2.25. The average molecular weight is 396 g/mol. The maximum Gasteiger partial charge on any atom is 0.342 e. The molecule has 0 fully saturated rings. The van der Waals surface area contributed by atoms with Crippen LogP contribution in [0.3, 0.4) is 0 Å². The molecule has 8 heteroatoms. The summed E-state index contributed by atoms with van der Waals surface area (Å²) in [6, 6.07) is 15.2. The van der Waals surface area contributed by atoms with Gasteiger partial charge in [0.25, 0.3) is 0 Å². The Morgan fingerprint density at radius 3 is 2.45 bits per heavy atom. The van der Waals surface area contributed by atoms with Crippen molar-refractivity contribution in [3.63, 3.8) is 0 Å². The Kier molecular flexibility index (Phi) is 6.47. The molecule has 0 bridgehead atoms. The summed E-state index contributed by atoms with van der Waals surface area (Å²) in [5.41, 5.74) is 0.602. The van der Waals surface area contributed by atoms with Crippen LogP contribution in [0.1, 0.15) is 17.3 Å². The van der Waals surface area contributed by atoms with Crippen LogP contribution in [0, 0.1) is 0 Å². The van der Waals surface area contributed by atoms with Crippen molar-refractivity contribution in [2.24, 2.45) is 0 Å². The summed E-state index contributed by atoms with van der Waals surface area (Å²) in [6.45, 7) is 1.57. The van der Waals surface area contributed by atoms with Crippen LogP contribution in [0.15, 0.2) is 65.9 Å². The predicted molar refractivity (Wildman–Crippen MR) is 103 cm³/mol. The summed E-state index contributed by atoms with van der Waals surface area (Å²) in [5.74, 6) is -0.331. The van der Waals surface area contributed by atoms with Crippen molar-refractivity contribution < 1.29 is 28.6 Å². The number of hydrogen-bond donors (Lipinski definition) is 2. The van der Waals surface area contributed by atoms with E-state index in [9.17, 15) is 14.4 Å². The standard InChI is InChI=1S/C21H20N2O6/c1-2-27-20(25)16-12-22-21(26)23-17(16)13-28-19(24)15-10-6-7-11-18(15)29-14-8-4-3-5-9-14/h3-11H,2,12-13H2,1H3,(H2,22,23,26). The van der Waals surface area contributed by atoms with Crippen LogP contribution < -0.4 is 15.4 Å². The molecule has 150 valence electrons. The van der Waals surface area contributed by atoms with Crippen LogP contribution >= 0.6 is 0 Å². The number of para-hydroxylation sites is 2. The molecule has 8 nitrogen and oxygen atoms in total. The molecule has 0 radical (unpaired) electrons. The minimum atomic E-state index is -0.653. The third-order valence-electron chi connectivity index (χ3n) is 4.00. The zero-order chi connectivity index (χ0) is 20.6.